The predicted octanol–water partition coefficient (Wildman–Crippen LogP) is 3.74. The molecule has 3 heteroatoms. The van der Waals surface area contributed by atoms with Gasteiger partial charge in [0.05, 0.1) is 0 Å². The van der Waals surface area contributed by atoms with Gasteiger partial charge in [-0.1, -0.05) is 60.7 Å². The molecule has 0 radical (unpaired) electrons. The van der Waals surface area contributed by atoms with Crippen molar-refractivity contribution in [1.82, 2.24) is 4.98 Å². The van der Waals surface area contributed by atoms with Crippen LogP contribution in [0, 0.1) is 0 Å². The third-order valence-corrected chi connectivity index (χ3v) is 3.42. The molecule has 110 valence electrons. The van der Waals surface area contributed by atoms with Crippen LogP contribution < -0.4 is 4.74 Å². The van der Waals surface area contributed by atoms with Crippen LogP contribution >= 0.6 is 0 Å². The Hall–Kier alpha value is -2.65. The summed E-state index contributed by atoms with van der Waals surface area (Å²) in [5.74, 6) is 0.549. The summed E-state index contributed by atoms with van der Waals surface area (Å²) in [5.41, 5.74) is 2.69. The van der Waals surface area contributed by atoms with Gasteiger partial charge in [0.2, 0.25) is 5.88 Å². The molecule has 0 fully saturated rings. The Labute approximate surface area is 129 Å². The van der Waals surface area contributed by atoms with Gasteiger partial charge in [0.25, 0.3) is 0 Å². The van der Waals surface area contributed by atoms with Crippen LogP contribution in [0.4, 0.5) is 0 Å². The van der Waals surface area contributed by atoms with Crippen LogP contribution in [0.1, 0.15) is 22.8 Å². The van der Waals surface area contributed by atoms with E-state index in [-0.39, 0.29) is 0 Å². The first-order valence-corrected chi connectivity index (χ1v) is 7.18. The van der Waals surface area contributed by atoms with E-state index in [1.165, 1.54) is 0 Å². The Morgan fingerprint density at radius 2 is 1.50 bits per heavy atom. The fraction of sp³-hybridized carbons (Fsp3) is 0.105. The van der Waals surface area contributed by atoms with Crippen LogP contribution in [0.25, 0.3) is 0 Å². The number of benzene rings is 2. The summed E-state index contributed by atoms with van der Waals surface area (Å²) in [7, 11) is 0. The summed E-state index contributed by atoms with van der Waals surface area (Å²) in [6.07, 6.45) is 0.981. The third-order valence-electron chi connectivity index (χ3n) is 3.42. The second-order valence-corrected chi connectivity index (χ2v) is 5.02. The van der Waals surface area contributed by atoms with Crippen molar-refractivity contribution in [1.29, 1.82) is 0 Å². The van der Waals surface area contributed by atoms with Crippen molar-refractivity contribution in [2.24, 2.45) is 0 Å². The van der Waals surface area contributed by atoms with Crippen molar-refractivity contribution in [2.75, 3.05) is 0 Å². The highest BCUT2D eigenvalue weighted by Crippen LogP contribution is 2.22. The third kappa shape index (κ3) is 3.51. The van der Waals surface area contributed by atoms with Gasteiger partial charge in [0.15, 0.2) is 0 Å². The molecule has 0 bridgehead atoms. The molecule has 1 unspecified atom stereocenters. The van der Waals surface area contributed by atoms with Gasteiger partial charge in [-0.25, -0.2) is 4.98 Å². The standard InChI is InChI=1S/C19H17NO2/c21-19(16-9-5-2-6-10-16)17-11-12-18(20-13-17)22-14-15-7-3-1-4-8-15/h1-13,19,21H,14H2. The van der Waals surface area contributed by atoms with Crippen molar-refractivity contribution in [2.45, 2.75) is 12.7 Å². The second-order valence-electron chi connectivity index (χ2n) is 5.02. The number of nitrogens with zero attached hydrogens (tertiary/aromatic N) is 1. The number of aliphatic hydroxyl groups is 1. The molecule has 1 heterocycles. The largest absolute Gasteiger partial charge is 0.473 e. The monoisotopic (exact) mass is 291 g/mol. The SMILES string of the molecule is OC(c1ccccc1)c1ccc(OCc2ccccc2)nc1. The van der Waals surface area contributed by atoms with Crippen molar-refractivity contribution in [3.05, 3.63) is 95.7 Å². The van der Waals surface area contributed by atoms with Gasteiger partial charge in [0, 0.05) is 17.8 Å². The molecule has 0 saturated carbocycles. The molecule has 3 rings (SSSR count). The zero-order valence-electron chi connectivity index (χ0n) is 12.1. The quantitative estimate of drug-likeness (QED) is 0.778. The minimum absolute atomic E-state index is 0.481. The Balaban J connectivity index is 1.65. The van der Waals surface area contributed by atoms with E-state index >= 15 is 0 Å². The zero-order valence-corrected chi connectivity index (χ0v) is 12.1. The first kappa shape index (κ1) is 14.3. The van der Waals surface area contributed by atoms with Crippen molar-refractivity contribution in [3.8, 4) is 5.88 Å². The number of ether oxygens (including phenoxy) is 1. The van der Waals surface area contributed by atoms with E-state index in [2.05, 4.69) is 4.98 Å². The number of hydrogen-bond donors (Lipinski definition) is 1. The first-order chi connectivity index (χ1) is 10.8. The summed E-state index contributed by atoms with van der Waals surface area (Å²) >= 11 is 0. The zero-order chi connectivity index (χ0) is 15.2. The van der Waals surface area contributed by atoms with Crippen LogP contribution in [0.15, 0.2) is 79.0 Å². The summed E-state index contributed by atoms with van der Waals surface area (Å²) in [5, 5.41) is 10.3. The maximum Gasteiger partial charge on any atom is 0.213 e. The number of rotatable bonds is 5. The molecule has 22 heavy (non-hydrogen) atoms. The highest BCUT2D eigenvalue weighted by Gasteiger charge is 2.10. The molecule has 1 aromatic heterocycles. The molecule has 3 aromatic rings. The molecular weight excluding hydrogens is 274 g/mol. The Morgan fingerprint density at radius 3 is 2.14 bits per heavy atom. The van der Waals surface area contributed by atoms with Crippen LogP contribution in [-0.4, -0.2) is 10.1 Å². The molecular formula is C19H17NO2. The minimum Gasteiger partial charge on any atom is -0.473 e. The van der Waals surface area contributed by atoms with Gasteiger partial charge in [-0.15, -0.1) is 0 Å². The highest BCUT2D eigenvalue weighted by atomic mass is 16.5. The summed E-state index contributed by atoms with van der Waals surface area (Å²) in [4.78, 5) is 4.26. The summed E-state index contributed by atoms with van der Waals surface area (Å²) in [6.45, 7) is 0.481. The van der Waals surface area contributed by atoms with Gasteiger partial charge in [-0.05, 0) is 17.2 Å². The average molecular weight is 291 g/mol. The Kier molecular flexibility index (Phi) is 4.47. The molecule has 0 saturated heterocycles. The average Bonchev–Trinajstić information content (AvgIpc) is 2.61. The van der Waals surface area contributed by atoms with E-state index < -0.39 is 6.10 Å². The number of pyridine rings is 1. The van der Waals surface area contributed by atoms with Gasteiger partial charge >= 0.3 is 0 Å². The fourth-order valence-electron chi connectivity index (χ4n) is 2.20. The molecule has 1 N–H and O–H groups in total. The maximum atomic E-state index is 10.3. The van der Waals surface area contributed by atoms with Crippen molar-refractivity contribution >= 4 is 0 Å². The van der Waals surface area contributed by atoms with E-state index in [1.807, 2.05) is 66.7 Å². The summed E-state index contributed by atoms with van der Waals surface area (Å²) < 4.78 is 5.64. The topological polar surface area (TPSA) is 42.4 Å². The first-order valence-electron chi connectivity index (χ1n) is 7.18. The normalized spacial score (nSPS) is 11.9. The lowest BCUT2D eigenvalue weighted by molar-refractivity contribution is 0.219. The van der Waals surface area contributed by atoms with E-state index in [9.17, 15) is 5.11 Å². The number of aromatic nitrogens is 1. The Morgan fingerprint density at radius 1 is 0.818 bits per heavy atom. The van der Waals surface area contributed by atoms with Crippen LogP contribution in [0.3, 0.4) is 0 Å². The van der Waals surface area contributed by atoms with Crippen LogP contribution in [0.5, 0.6) is 5.88 Å². The summed E-state index contributed by atoms with van der Waals surface area (Å²) in [6, 6.07) is 23.1. The van der Waals surface area contributed by atoms with Crippen LogP contribution in [0.2, 0.25) is 0 Å². The van der Waals surface area contributed by atoms with Gasteiger partial charge in [-0.2, -0.15) is 0 Å². The van der Waals surface area contributed by atoms with Crippen molar-refractivity contribution in [3.63, 3.8) is 0 Å². The highest BCUT2D eigenvalue weighted by molar-refractivity contribution is 5.29. The molecule has 0 aliphatic carbocycles. The molecule has 1 atom stereocenters. The van der Waals surface area contributed by atoms with E-state index in [1.54, 1.807) is 12.3 Å². The molecule has 0 spiro atoms. The fourth-order valence-corrected chi connectivity index (χ4v) is 2.20. The van der Waals surface area contributed by atoms with E-state index in [4.69, 9.17) is 4.74 Å². The van der Waals surface area contributed by atoms with Crippen LogP contribution in [-0.2, 0) is 6.61 Å². The molecule has 0 aliphatic rings. The molecule has 0 amide bonds. The lowest BCUT2D eigenvalue weighted by Crippen LogP contribution is -2.01. The van der Waals surface area contributed by atoms with E-state index in [0.717, 1.165) is 16.7 Å². The predicted molar refractivity (Wildman–Crippen MR) is 85.5 cm³/mol. The van der Waals surface area contributed by atoms with Gasteiger partial charge in [-0.3, -0.25) is 0 Å². The minimum atomic E-state index is -0.670. The number of hydrogen-bond acceptors (Lipinski definition) is 3. The number of aliphatic hydroxyl groups excluding tert-OH is 1. The maximum absolute atomic E-state index is 10.3. The lowest BCUT2D eigenvalue weighted by atomic mass is 10.0. The molecule has 0 aliphatic heterocycles. The van der Waals surface area contributed by atoms with Gasteiger partial charge in [0.1, 0.15) is 12.7 Å². The Bertz CT molecular complexity index is 697. The van der Waals surface area contributed by atoms with E-state index in [0.29, 0.717) is 12.5 Å². The smallest absolute Gasteiger partial charge is 0.213 e. The molecule has 3 nitrogen and oxygen atoms in total. The van der Waals surface area contributed by atoms with Gasteiger partial charge < -0.3 is 9.84 Å². The molecule has 2 aromatic carbocycles. The second kappa shape index (κ2) is 6.87. The lowest BCUT2D eigenvalue weighted by Gasteiger charge is -2.11. The van der Waals surface area contributed by atoms with Crippen molar-refractivity contribution < 1.29 is 9.84 Å².